The highest BCUT2D eigenvalue weighted by molar-refractivity contribution is 9.10. The van der Waals surface area contributed by atoms with E-state index in [4.69, 9.17) is 11.2 Å². The molecule has 0 spiro atoms. The lowest BCUT2D eigenvalue weighted by Crippen LogP contribution is -2.07. The molecule has 0 nitrogen and oxygen atoms in total. The average Bonchev–Trinajstić information content (AvgIpc) is 2.30. The minimum atomic E-state index is -0.765. The molecule has 0 heterocycles. The molecule has 2 aromatic carbocycles. The van der Waals surface area contributed by atoms with Gasteiger partial charge in [-0.2, -0.15) is 0 Å². The number of rotatable bonds is 2. The molecule has 0 amide bonds. The molecule has 0 aromatic heterocycles. The van der Waals surface area contributed by atoms with Crippen molar-refractivity contribution in [2.75, 3.05) is 0 Å². The fourth-order valence-electron chi connectivity index (χ4n) is 1.29. The molecule has 0 N–H and O–H groups in total. The molecule has 0 saturated heterocycles. The van der Waals surface area contributed by atoms with Crippen molar-refractivity contribution in [3.05, 3.63) is 57.5 Å². The van der Waals surface area contributed by atoms with Crippen LogP contribution in [-0.4, -0.2) is 0 Å². The van der Waals surface area contributed by atoms with Gasteiger partial charge in [0.1, 0.15) is 0 Å². The molecule has 0 aliphatic heterocycles. The Bertz CT molecular complexity index is 422. The highest BCUT2D eigenvalue weighted by Gasteiger charge is 2.09. The van der Waals surface area contributed by atoms with Crippen LogP contribution in [0.5, 0.6) is 0 Å². The average molecular weight is 378 g/mol. The smallest absolute Gasteiger partial charge is 0.0524 e. The van der Waals surface area contributed by atoms with Crippen molar-refractivity contribution in [3.63, 3.8) is 0 Å². The summed E-state index contributed by atoms with van der Waals surface area (Å²) in [5, 5.41) is 2.34. The third kappa shape index (κ3) is 3.07. The van der Waals surface area contributed by atoms with Crippen molar-refractivity contribution >= 4 is 61.0 Å². The van der Waals surface area contributed by atoms with Gasteiger partial charge in [0.15, 0.2) is 0 Å². The van der Waals surface area contributed by atoms with Crippen LogP contribution in [0.1, 0.15) is 0 Å². The Morgan fingerprint density at radius 3 is 1.31 bits per heavy atom. The predicted octanol–water partition coefficient (Wildman–Crippen LogP) is 4.80. The van der Waals surface area contributed by atoms with Gasteiger partial charge in [-0.05, 0) is 34.9 Å². The summed E-state index contributed by atoms with van der Waals surface area (Å²) in [6, 6.07) is 16.3. The van der Waals surface area contributed by atoms with Gasteiger partial charge in [-0.15, -0.1) is 0 Å². The van der Waals surface area contributed by atoms with Crippen LogP contribution in [0.2, 0.25) is 0 Å². The van der Waals surface area contributed by atoms with Crippen LogP contribution in [0.4, 0.5) is 0 Å². The molecule has 0 unspecified atom stereocenters. The van der Waals surface area contributed by atoms with Crippen LogP contribution in [0, 0.1) is 0 Å². The molecule has 0 bridgehead atoms. The maximum Gasteiger partial charge on any atom is 0.0524 e. The Balaban J connectivity index is 2.28. The summed E-state index contributed by atoms with van der Waals surface area (Å²) in [4.78, 5) is 0. The van der Waals surface area contributed by atoms with Gasteiger partial charge in [0.25, 0.3) is 0 Å². The van der Waals surface area contributed by atoms with Crippen LogP contribution in [0.3, 0.4) is 0 Å². The van der Waals surface area contributed by atoms with E-state index in [1.807, 2.05) is 24.3 Å². The van der Waals surface area contributed by atoms with Crippen LogP contribution >= 0.6 is 50.4 Å². The minimum absolute atomic E-state index is 0.765. The highest BCUT2D eigenvalue weighted by Crippen LogP contribution is 2.39. The van der Waals surface area contributed by atoms with E-state index in [1.165, 1.54) is 10.6 Å². The minimum Gasteiger partial charge on any atom is -0.0859 e. The SMILES string of the molecule is ClP(c1ccc(Br)cc1)c1ccc(Br)cc1. The standard InChI is InChI=1S/C12H8Br2ClP/c13-9-1-5-11(6-2-9)16(15)12-7-3-10(14)4-8-12/h1-8H. The molecule has 0 atom stereocenters. The van der Waals surface area contributed by atoms with E-state index >= 15 is 0 Å². The molecular formula is C12H8Br2ClP. The lowest BCUT2D eigenvalue weighted by Gasteiger charge is -2.10. The Hall–Kier alpha value is 0.120. The fourth-order valence-corrected chi connectivity index (χ4v) is 3.62. The van der Waals surface area contributed by atoms with Crippen molar-refractivity contribution < 1.29 is 0 Å². The summed E-state index contributed by atoms with van der Waals surface area (Å²) in [7, 11) is -0.765. The maximum absolute atomic E-state index is 6.47. The first kappa shape index (κ1) is 12.6. The van der Waals surface area contributed by atoms with E-state index in [0.29, 0.717) is 0 Å². The summed E-state index contributed by atoms with van der Waals surface area (Å²) in [5.74, 6) is 0. The number of hydrogen-bond acceptors (Lipinski definition) is 0. The summed E-state index contributed by atoms with van der Waals surface area (Å²) in [6.07, 6.45) is 0. The van der Waals surface area contributed by atoms with E-state index < -0.39 is 7.27 Å². The second kappa shape index (κ2) is 5.64. The molecule has 82 valence electrons. The van der Waals surface area contributed by atoms with Gasteiger partial charge in [0.05, 0.1) is 7.27 Å². The third-order valence-electron chi connectivity index (χ3n) is 2.11. The van der Waals surface area contributed by atoms with Crippen molar-refractivity contribution in [1.29, 1.82) is 0 Å². The van der Waals surface area contributed by atoms with Crippen LogP contribution < -0.4 is 10.6 Å². The summed E-state index contributed by atoms with van der Waals surface area (Å²) >= 11 is 13.3. The Kier molecular flexibility index (Phi) is 4.43. The monoisotopic (exact) mass is 376 g/mol. The number of halogens is 3. The molecule has 2 rings (SSSR count). The van der Waals surface area contributed by atoms with Crippen molar-refractivity contribution in [1.82, 2.24) is 0 Å². The summed E-state index contributed by atoms with van der Waals surface area (Å²) in [5.41, 5.74) is 0. The molecular weight excluding hydrogens is 370 g/mol. The van der Waals surface area contributed by atoms with E-state index in [-0.39, 0.29) is 0 Å². The van der Waals surface area contributed by atoms with Gasteiger partial charge < -0.3 is 0 Å². The molecule has 0 radical (unpaired) electrons. The second-order valence-corrected chi connectivity index (χ2v) is 7.67. The molecule has 0 aliphatic rings. The Morgan fingerprint density at radius 2 is 1.00 bits per heavy atom. The zero-order valence-corrected chi connectivity index (χ0v) is 13.0. The maximum atomic E-state index is 6.47. The van der Waals surface area contributed by atoms with E-state index in [0.717, 1.165) is 8.95 Å². The lowest BCUT2D eigenvalue weighted by molar-refractivity contribution is 1.69. The molecule has 4 heteroatoms. The predicted molar refractivity (Wildman–Crippen MR) is 80.3 cm³/mol. The second-order valence-electron chi connectivity index (χ2n) is 3.23. The quantitative estimate of drug-likeness (QED) is 0.659. The summed E-state index contributed by atoms with van der Waals surface area (Å²) < 4.78 is 2.15. The van der Waals surface area contributed by atoms with Gasteiger partial charge in [-0.25, -0.2) is 0 Å². The lowest BCUT2D eigenvalue weighted by atomic mass is 10.4. The molecule has 0 saturated carbocycles. The zero-order valence-electron chi connectivity index (χ0n) is 8.20. The topological polar surface area (TPSA) is 0 Å². The zero-order chi connectivity index (χ0) is 11.5. The van der Waals surface area contributed by atoms with Crippen LogP contribution in [0.15, 0.2) is 57.5 Å². The third-order valence-corrected chi connectivity index (χ3v) is 5.84. The Morgan fingerprint density at radius 1 is 0.688 bits per heavy atom. The first-order valence-corrected chi connectivity index (χ1v) is 8.47. The van der Waals surface area contributed by atoms with Crippen LogP contribution in [0.25, 0.3) is 0 Å². The van der Waals surface area contributed by atoms with E-state index in [2.05, 4.69) is 56.1 Å². The fraction of sp³-hybridized carbons (Fsp3) is 0. The van der Waals surface area contributed by atoms with Gasteiger partial charge in [0.2, 0.25) is 0 Å². The first-order valence-electron chi connectivity index (χ1n) is 4.64. The molecule has 16 heavy (non-hydrogen) atoms. The van der Waals surface area contributed by atoms with E-state index in [9.17, 15) is 0 Å². The first-order chi connectivity index (χ1) is 7.66. The van der Waals surface area contributed by atoms with Gasteiger partial charge >= 0.3 is 0 Å². The Labute approximate surface area is 118 Å². The van der Waals surface area contributed by atoms with Gasteiger partial charge in [-0.3, -0.25) is 0 Å². The number of hydrogen-bond donors (Lipinski definition) is 0. The van der Waals surface area contributed by atoms with Gasteiger partial charge in [0, 0.05) is 8.95 Å². The van der Waals surface area contributed by atoms with Gasteiger partial charge in [-0.1, -0.05) is 67.4 Å². The van der Waals surface area contributed by atoms with Crippen molar-refractivity contribution in [2.24, 2.45) is 0 Å². The van der Waals surface area contributed by atoms with E-state index in [1.54, 1.807) is 0 Å². The summed E-state index contributed by atoms with van der Waals surface area (Å²) in [6.45, 7) is 0. The van der Waals surface area contributed by atoms with Crippen molar-refractivity contribution in [2.45, 2.75) is 0 Å². The largest absolute Gasteiger partial charge is 0.0859 e. The molecule has 0 fully saturated rings. The normalized spacial score (nSPS) is 10.8. The van der Waals surface area contributed by atoms with Crippen molar-refractivity contribution in [3.8, 4) is 0 Å². The highest BCUT2D eigenvalue weighted by atomic mass is 79.9. The van der Waals surface area contributed by atoms with Crippen LogP contribution in [-0.2, 0) is 0 Å². The number of benzene rings is 2. The molecule has 2 aromatic rings. The molecule has 0 aliphatic carbocycles.